The van der Waals surface area contributed by atoms with Crippen molar-refractivity contribution in [1.29, 1.82) is 0 Å². The first kappa shape index (κ1) is 17.4. The van der Waals surface area contributed by atoms with Gasteiger partial charge in [0, 0.05) is 11.8 Å². The van der Waals surface area contributed by atoms with Crippen LogP contribution in [-0.2, 0) is 4.79 Å². The number of nitrogens with zero attached hydrogens (tertiary/aromatic N) is 4. The third-order valence-corrected chi connectivity index (χ3v) is 5.89. The molecule has 0 saturated carbocycles. The van der Waals surface area contributed by atoms with Crippen LogP contribution in [0.3, 0.4) is 0 Å². The summed E-state index contributed by atoms with van der Waals surface area (Å²) < 4.78 is 5.68. The molecule has 2 amide bonds. The molecular formula is C19H13N5O4S. The van der Waals surface area contributed by atoms with Gasteiger partial charge >= 0.3 is 12.0 Å². The number of thioether (sulfide) groups is 1. The van der Waals surface area contributed by atoms with Crippen LogP contribution in [0.25, 0.3) is 0 Å². The van der Waals surface area contributed by atoms with Crippen LogP contribution in [0.4, 0.5) is 16.2 Å². The molecule has 1 aromatic carbocycles. The van der Waals surface area contributed by atoms with Crippen LogP contribution in [0.2, 0.25) is 0 Å². The molecule has 0 spiro atoms. The van der Waals surface area contributed by atoms with E-state index in [1.54, 1.807) is 48.9 Å². The molecule has 4 heterocycles. The Kier molecular flexibility index (Phi) is 4.06. The number of hydrogen-bond donors (Lipinski definition) is 2. The number of anilines is 2. The number of aliphatic carboxylic acids is 1. The molecule has 2 aromatic heterocycles. The van der Waals surface area contributed by atoms with Gasteiger partial charge in [-0.1, -0.05) is 11.8 Å². The fourth-order valence-electron chi connectivity index (χ4n) is 3.41. The standard InChI is InChI=1S/C19H13N5O4S/c25-18(26)16-15-14-13(5-6-22-17(14)29-16)24(19(27)23-15)10-1-3-11(4-2-10)28-12-7-20-9-21-8-12/h1-9,15-16H,(H,23,27)(H,25,26). The van der Waals surface area contributed by atoms with E-state index in [0.717, 1.165) is 17.3 Å². The molecule has 0 aliphatic carbocycles. The Morgan fingerprint density at radius 1 is 1.14 bits per heavy atom. The van der Waals surface area contributed by atoms with Crippen molar-refractivity contribution in [3.8, 4) is 11.5 Å². The summed E-state index contributed by atoms with van der Waals surface area (Å²) >= 11 is 1.15. The summed E-state index contributed by atoms with van der Waals surface area (Å²) in [6, 6.07) is 7.70. The average molecular weight is 407 g/mol. The molecule has 9 nitrogen and oxygen atoms in total. The van der Waals surface area contributed by atoms with Crippen LogP contribution >= 0.6 is 11.8 Å². The molecule has 5 rings (SSSR count). The molecule has 0 radical (unpaired) electrons. The van der Waals surface area contributed by atoms with E-state index in [0.29, 0.717) is 27.9 Å². The highest BCUT2D eigenvalue weighted by molar-refractivity contribution is 8.00. The van der Waals surface area contributed by atoms with Crippen molar-refractivity contribution in [2.75, 3.05) is 4.90 Å². The van der Waals surface area contributed by atoms with Crippen molar-refractivity contribution < 1.29 is 19.4 Å². The molecule has 0 fully saturated rings. The zero-order valence-corrected chi connectivity index (χ0v) is 15.5. The topological polar surface area (TPSA) is 118 Å². The fourth-order valence-corrected chi connectivity index (χ4v) is 4.57. The molecule has 2 aliphatic heterocycles. The lowest BCUT2D eigenvalue weighted by Gasteiger charge is -2.33. The highest BCUT2D eigenvalue weighted by atomic mass is 32.2. The first-order chi connectivity index (χ1) is 14.1. The summed E-state index contributed by atoms with van der Waals surface area (Å²) in [7, 11) is 0. The minimum atomic E-state index is -0.982. The summed E-state index contributed by atoms with van der Waals surface area (Å²) in [6.07, 6.45) is 6.10. The van der Waals surface area contributed by atoms with E-state index in [-0.39, 0.29) is 0 Å². The van der Waals surface area contributed by atoms with Crippen LogP contribution in [0.15, 0.2) is 60.3 Å². The van der Waals surface area contributed by atoms with Gasteiger partial charge in [-0.3, -0.25) is 9.69 Å². The van der Waals surface area contributed by atoms with E-state index >= 15 is 0 Å². The predicted octanol–water partition coefficient (Wildman–Crippen LogP) is 3.13. The zero-order valence-electron chi connectivity index (χ0n) is 14.7. The van der Waals surface area contributed by atoms with E-state index in [1.807, 2.05) is 0 Å². The molecule has 2 unspecified atom stereocenters. The van der Waals surface area contributed by atoms with Gasteiger partial charge in [0.25, 0.3) is 0 Å². The number of carboxylic acid groups (broad SMARTS) is 1. The van der Waals surface area contributed by atoms with Gasteiger partial charge in [0.2, 0.25) is 0 Å². The summed E-state index contributed by atoms with van der Waals surface area (Å²) in [5.74, 6) is 0.0897. The normalized spacial score (nSPS) is 19.4. The lowest BCUT2D eigenvalue weighted by atomic mass is 10.0. The highest BCUT2D eigenvalue weighted by Crippen LogP contribution is 2.50. The Labute approximate surface area is 168 Å². The Bertz CT molecular complexity index is 1110. The second-order valence-electron chi connectivity index (χ2n) is 6.36. The lowest BCUT2D eigenvalue weighted by molar-refractivity contribution is -0.136. The highest BCUT2D eigenvalue weighted by Gasteiger charge is 2.46. The number of aromatic nitrogens is 3. The lowest BCUT2D eigenvalue weighted by Crippen LogP contribution is -2.47. The zero-order chi connectivity index (χ0) is 20.0. The van der Waals surface area contributed by atoms with Crippen molar-refractivity contribution in [2.24, 2.45) is 0 Å². The number of urea groups is 1. The Hall–Kier alpha value is -3.66. The number of carboxylic acids is 1. The second-order valence-corrected chi connectivity index (χ2v) is 7.49. The molecule has 2 aliphatic rings. The first-order valence-corrected chi connectivity index (χ1v) is 9.52. The van der Waals surface area contributed by atoms with Crippen LogP contribution in [0.1, 0.15) is 11.6 Å². The minimum Gasteiger partial charge on any atom is -0.480 e. The molecule has 144 valence electrons. The third kappa shape index (κ3) is 2.93. The molecular weight excluding hydrogens is 394 g/mol. The summed E-state index contributed by atoms with van der Waals surface area (Å²) in [5, 5.41) is 12.1. The summed E-state index contributed by atoms with van der Waals surface area (Å²) in [6.45, 7) is 0. The summed E-state index contributed by atoms with van der Waals surface area (Å²) in [5.41, 5.74) is 1.98. The Morgan fingerprint density at radius 2 is 1.90 bits per heavy atom. The van der Waals surface area contributed by atoms with Gasteiger partial charge in [0.05, 0.1) is 29.8 Å². The Balaban J connectivity index is 1.48. The van der Waals surface area contributed by atoms with Gasteiger partial charge in [-0.2, -0.15) is 0 Å². The van der Waals surface area contributed by atoms with E-state index in [1.165, 1.54) is 11.2 Å². The largest absolute Gasteiger partial charge is 0.480 e. The van der Waals surface area contributed by atoms with Crippen LogP contribution in [0, 0.1) is 0 Å². The van der Waals surface area contributed by atoms with Gasteiger partial charge in [-0.15, -0.1) is 0 Å². The van der Waals surface area contributed by atoms with E-state index in [9.17, 15) is 14.7 Å². The number of nitrogens with one attached hydrogen (secondary N) is 1. The number of hydrogen-bond acceptors (Lipinski definition) is 7. The monoisotopic (exact) mass is 407 g/mol. The van der Waals surface area contributed by atoms with Crippen molar-refractivity contribution in [3.05, 3.63) is 60.8 Å². The van der Waals surface area contributed by atoms with Crippen molar-refractivity contribution in [1.82, 2.24) is 20.3 Å². The minimum absolute atomic E-state index is 0.390. The van der Waals surface area contributed by atoms with Crippen molar-refractivity contribution in [2.45, 2.75) is 16.3 Å². The van der Waals surface area contributed by atoms with Gasteiger partial charge in [-0.25, -0.2) is 19.7 Å². The van der Waals surface area contributed by atoms with Crippen molar-refractivity contribution >= 4 is 35.1 Å². The van der Waals surface area contributed by atoms with Crippen molar-refractivity contribution in [3.63, 3.8) is 0 Å². The maximum absolute atomic E-state index is 12.8. The third-order valence-electron chi connectivity index (χ3n) is 4.62. The molecule has 2 N–H and O–H groups in total. The first-order valence-electron chi connectivity index (χ1n) is 8.64. The van der Waals surface area contributed by atoms with Gasteiger partial charge in [0.1, 0.15) is 22.4 Å². The molecule has 29 heavy (non-hydrogen) atoms. The SMILES string of the molecule is O=C(O)C1Sc2nccc3c2C1NC(=O)N3c1ccc(Oc2cncnc2)cc1. The maximum atomic E-state index is 12.8. The second kappa shape index (κ2) is 6.74. The number of benzene rings is 1. The predicted molar refractivity (Wildman–Crippen MR) is 103 cm³/mol. The number of carbonyl (C=O) groups is 2. The van der Waals surface area contributed by atoms with E-state index in [4.69, 9.17) is 4.74 Å². The van der Waals surface area contributed by atoms with E-state index < -0.39 is 23.3 Å². The maximum Gasteiger partial charge on any atom is 0.327 e. The number of rotatable bonds is 4. The summed E-state index contributed by atoms with van der Waals surface area (Å²) in [4.78, 5) is 38.0. The van der Waals surface area contributed by atoms with Gasteiger partial charge < -0.3 is 15.2 Å². The number of carbonyl (C=O) groups excluding carboxylic acids is 1. The van der Waals surface area contributed by atoms with E-state index in [2.05, 4.69) is 20.3 Å². The molecule has 3 aromatic rings. The molecule has 2 atom stereocenters. The van der Waals surface area contributed by atoms with Gasteiger partial charge in [-0.05, 0) is 30.3 Å². The van der Waals surface area contributed by atoms with Crippen LogP contribution < -0.4 is 15.0 Å². The van der Waals surface area contributed by atoms with Crippen LogP contribution in [0.5, 0.6) is 11.5 Å². The molecule has 0 saturated heterocycles. The van der Waals surface area contributed by atoms with Gasteiger partial charge in [0.15, 0.2) is 5.75 Å². The quantitative estimate of drug-likeness (QED) is 0.677. The molecule has 10 heteroatoms. The number of pyridine rings is 1. The van der Waals surface area contributed by atoms with Crippen LogP contribution in [-0.4, -0.2) is 37.3 Å². The fraction of sp³-hybridized carbons (Fsp3) is 0.105. The average Bonchev–Trinajstić information content (AvgIpc) is 3.10. The number of ether oxygens (including phenoxy) is 1. The Morgan fingerprint density at radius 3 is 2.62 bits per heavy atom. The molecule has 0 bridgehead atoms. The number of amides is 2. The smallest absolute Gasteiger partial charge is 0.327 e.